The molecule has 94 valence electrons. The first-order chi connectivity index (χ1) is 8.74. The zero-order valence-corrected chi connectivity index (χ0v) is 10.9. The SMILES string of the molecule is OC1CSCC1c1nc(-c2ccc(Cl)cn2)no1. The van der Waals surface area contributed by atoms with Gasteiger partial charge in [0.2, 0.25) is 11.7 Å². The molecule has 1 fully saturated rings. The summed E-state index contributed by atoms with van der Waals surface area (Å²) in [6.45, 7) is 0. The number of nitrogens with zero attached hydrogens (tertiary/aromatic N) is 3. The summed E-state index contributed by atoms with van der Waals surface area (Å²) in [7, 11) is 0. The zero-order valence-electron chi connectivity index (χ0n) is 9.28. The van der Waals surface area contributed by atoms with E-state index < -0.39 is 6.10 Å². The Morgan fingerprint density at radius 3 is 2.94 bits per heavy atom. The molecule has 0 saturated carbocycles. The number of thioether (sulfide) groups is 1. The molecule has 2 aromatic rings. The number of hydrogen-bond donors (Lipinski definition) is 1. The smallest absolute Gasteiger partial charge is 0.233 e. The average Bonchev–Trinajstić information content (AvgIpc) is 2.98. The van der Waals surface area contributed by atoms with Crippen LogP contribution in [0.15, 0.2) is 22.9 Å². The lowest BCUT2D eigenvalue weighted by Gasteiger charge is -2.06. The second-order valence-corrected chi connectivity index (χ2v) is 5.54. The summed E-state index contributed by atoms with van der Waals surface area (Å²) in [6.07, 6.45) is 1.12. The summed E-state index contributed by atoms with van der Waals surface area (Å²) < 4.78 is 5.20. The minimum Gasteiger partial charge on any atom is -0.391 e. The number of aromatic nitrogens is 3. The molecule has 2 atom stereocenters. The second kappa shape index (κ2) is 4.87. The number of aliphatic hydroxyl groups is 1. The highest BCUT2D eigenvalue weighted by molar-refractivity contribution is 7.99. The van der Waals surface area contributed by atoms with E-state index in [4.69, 9.17) is 16.1 Å². The largest absolute Gasteiger partial charge is 0.391 e. The molecule has 7 heteroatoms. The van der Waals surface area contributed by atoms with E-state index in [2.05, 4.69) is 15.1 Å². The lowest BCUT2D eigenvalue weighted by molar-refractivity contribution is 0.164. The summed E-state index contributed by atoms with van der Waals surface area (Å²) in [5, 5.41) is 14.2. The molecular formula is C11H10ClN3O2S. The van der Waals surface area contributed by atoms with E-state index in [1.807, 2.05) is 0 Å². The first-order valence-corrected chi connectivity index (χ1v) is 6.98. The second-order valence-electron chi connectivity index (χ2n) is 4.03. The van der Waals surface area contributed by atoms with Crippen molar-refractivity contribution in [1.82, 2.24) is 15.1 Å². The minimum absolute atomic E-state index is 0.0800. The molecule has 0 radical (unpaired) electrons. The fourth-order valence-corrected chi connectivity index (χ4v) is 3.12. The highest BCUT2D eigenvalue weighted by Gasteiger charge is 2.32. The van der Waals surface area contributed by atoms with Crippen LogP contribution in [0.3, 0.4) is 0 Å². The predicted octanol–water partition coefficient (Wildman–Crippen LogP) is 1.98. The number of pyridine rings is 1. The number of aliphatic hydroxyl groups excluding tert-OH is 1. The zero-order chi connectivity index (χ0) is 12.5. The Morgan fingerprint density at radius 2 is 2.28 bits per heavy atom. The number of hydrogen-bond acceptors (Lipinski definition) is 6. The molecule has 18 heavy (non-hydrogen) atoms. The van der Waals surface area contributed by atoms with E-state index >= 15 is 0 Å². The Morgan fingerprint density at radius 1 is 1.39 bits per heavy atom. The van der Waals surface area contributed by atoms with E-state index in [1.54, 1.807) is 23.9 Å². The van der Waals surface area contributed by atoms with Gasteiger partial charge in [-0.05, 0) is 12.1 Å². The van der Waals surface area contributed by atoms with Crippen LogP contribution in [0.5, 0.6) is 0 Å². The molecular weight excluding hydrogens is 274 g/mol. The van der Waals surface area contributed by atoms with Gasteiger partial charge in [0.25, 0.3) is 0 Å². The topological polar surface area (TPSA) is 72.0 Å². The third kappa shape index (κ3) is 2.23. The Balaban J connectivity index is 1.87. The van der Waals surface area contributed by atoms with Crippen molar-refractivity contribution in [2.24, 2.45) is 0 Å². The van der Waals surface area contributed by atoms with Gasteiger partial charge in [-0.15, -0.1) is 0 Å². The highest BCUT2D eigenvalue weighted by atomic mass is 35.5. The maximum absolute atomic E-state index is 9.78. The van der Waals surface area contributed by atoms with Crippen LogP contribution in [0.2, 0.25) is 5.02 Å². The Bertz CT molecular complexity index is 545. The molecule has 2 aromatic heterocycles. The van der Waals surface area contributed by atoms with Crippen LogP contribution in [0.1, 0.15) is 11.8 Å². The van der Waals surface area contributed by atoms with Crippen molar-refractivity contribution in [2.45, 2.75) is 12.0 Å². The van der Waals surface area contributed by atoms with Crippen molar-refractivity contribution in [3.63, 3.8) is 0 Å². The van der Waals surface area contributed by atoms with Gasteiger partial charge in [0.1, 0.15) is 5.69 Å². The Kier molecular flexibility index (Phi) is 3.23. The van der Waals surface area contributed by atoms with Gasteiger partial charge in [0, 0.05) is 17.7 Å². The maximum Gasteiger partial charge on any atom is 0.233 e. The normalized spacial score (nSPS) is 23.4. The summed E-state index contributed by atoms with van der Waals surface area (Å²) in [6, 6.07) is 3.46. The van der Waals surface area contributed by atoms with Gasteiger partial charge in [-0.1, -0.05) is 16.8 Å². The molecule has 0 amide bonds. The fourth-order valence-electron chi connectivity index (χ4n) is 1.78. The molecule has 3 heterocycles. The summed E-state index contributed by atoms with van der Waals surface area (Å²) in [5.41, 5.74) is 0.606. The van der Waals surface area contributed by atoms with E-state index in [0.29, 0.717) is 28.2 Å². The van der Waals surface area contributed by atoms with Crippen LogP contribution in [0, 0.1) is 0 Å². The van der Waals surface area contributed by atoms with Gasteiger partial charge < -0.3 is 9.63 Å². The molecule has 1 saturated heterocycles. The first kappa shape index (κ1) is 12.0. The van der Waals surface area contributed by atoms with Gasteiger partial charge in [-0.25, -0.2) is 0 Å². The third-order valence-electron chi connectivity index (χ3n) is 2.77. The van der Waals surface area contributed by atoms with Crippen LogP contribution in [0.4, 0.5) is 0 Å². The molecule has 0 aliphatic carbocycles. The van der Waals surface area contributed by atoms with Crippen LogP contribution >= 0.6 is 23.4 Å². The molecule has 0 spiro atoms. The summed E-state index contributed by atoms with van der Waals surface area (Å²) in [4.78, 5) is 8.41. The summed E-state index contributed by atoms with van der Waals surface area (Å²) in [5.74, 6) is 2.33. The Labute approximate surface area is 113 Å². The third-order valence-corrected chi connectivity index (χ3v) is 4.16. The molecule has 2 unspecified atom stereocenters. The van der Waals surface area contributed by atoms with Crippen molar-refractivity contribution in [3.8, 4) is 11.5 Å². The number of halogens is 1. The van der Waals surface area contributed by atoms with E-state index in [1.165, 1.54) is 6.20 Å². The monoisotopic (exact) mass is 283 g/mol. The number of rotatable bonds is 2. The molecule has 1 aliphatic heterocycles. The van der Waals surface area contributed by atoms with Gasteiger partial charge in [0.15, 0.2) is 0 Å². The van der Waals surface area contributed by atoms with Gasteiger partial charge >= 0.3 is 0 Å². The minimum atomic E-state index is -0.415. The van der Waals surface area contributed by atoms with Crippen LogP contribution < -0.4 is 0 Å². The van der Waals surface area contributed by atoms with Crippen molar-refractivity contribution in [3.05, 3.63) is 29.2 Å². The molecule has 0 bridgehead atoms. The quantitative estimate of drug-likeness (QED) is 0.908. The summed E-state index contributed by atoms with van der Waals surface area (Å²) >= 11 is 7.45. The molecule has 1 N–H and O–H groups in total. The van der Waals surface area contributed by atoms with Crippen LogP contribution in [-0.4, -0.2) is 37.8 Å². The van der Waals surface area contributed by atoms with E-state index in [9.17, 15) is 5.11 Å². The van der Waals surface area contributed by atoms with Gasteiger partial charge in [-0.2, -0.15) is 16.7 Å². The molecule has 0 aromatic carbocycles. The highest BCUT2D eigenvalue weighted by Crippen LogP contribution is 2.32. The average molecular weight is 284 g/mol. The standard InChI is InChI=1S/C11H10ClN3O2S/c12-6-1-2-8(13-3-6)10-14-11(17-15-10)7-4-18-5-9(7)16/h1-3,7,9,16H,4-5H2. The lowest BCUT2D eigenvalue weighted by Crippen LogP contribution is -2.15. The van der Waals surface area contributed by atoms with Gasteiger partial charge in [0.05, 0.1) is 17.0 Å². The van der Waals surface area contributed by atoms with Crippen molar-refractivity contribution < 1.29 is 9.63 Å². The molecule has 3 rings (SSSR count). The van der Waals surface area contributed by atoms with Crippen LogP contribution in [0.25, 0.3) is 11.5 Å². The lowest BCUT2D eigenvalue weighted by atomic mass is 10.1. The van der Waals surface area contributed by atoms with Crippen LogP contribution in [-0.2, 0) is 0 Å². The van der Waals surface area contributed by atoms with Crippen molar-refractivity contribution >= 4 is 23.4 Å². The first-order valence-electron chi connectivity index (χ1n) is 5.45. The van der Waals surface area contributed by atoms with E-state index in [-0.39, 0.29) is 5.92 Å². The van der Waals surface area contributed by atoms with Gasteiger partial charge in [-0.3, -0.25) is 4.98 Å². The fraction of sp³-hybridized carbons (Fsp3) is 0.364. The van der Waals surface area contributed by atoms with E-state index in [0.717, 1.165) is 5.75 Å². The predicted molar refractivity (Wildman–Crippen MR) is 68.6 cm³/mol. The van der Waals surface area contributed by atoms with Crippen molar-refractivity contribution in [2.75, 3.05) is 11.5 Å². The maximum atomic E-state index is 9.78. The van der Waals surface area contributed by atoms with Crippen molar-refractivity contribution in [1.29, 1.82) is 0 Å². The molecule has 5 nitrogen and oxygen atoms in total. The Hall–Kier alpha value is -1.11. The molecule has 1 aliphatic rings.